The SMILES string of the molecule is CN(CCOc1cccc(B(O)O)c1)CC1CCCC1. The quantitative estimate of drug-likeness (QED) is 0.726. The van der Waals surface area contributed by atoms with Crippen LogP contribution < -0.4 is 10.2 Å². The van der Waals surface area contributed by atoms with Crippen molar-refractivity contribution in [2.24, 2.45) is 5.92 Å². The second kappa shape index (κ2) is 7.67. The largest absolute Gasteiger partial charge is 0.492 e. The van der Waals surface area contributed by atoms with Gasteiger partial charge in [-0.25, -0.2) is 0 Å². The molecule has 20 heavy (non-hydrogen) atoms. The number of ether oxygens (including phenoxy) is 1. The Balaban J connectivity index is 1.70. The first kappa shape index (κ1) is 15.4. The monoisotopic (exact) mass is 277 g/mol. The van der Waals surface area contributed by atoms with E-state index in [1.807, 2.05) is 6.07 Å². The topological polar surface area (TPSA) is 52.9 Å². The maximum atomic E-state index is 9.11. The number of benzene rings is 1. The first-order chi connectivity index (χ1) is 9.65. The van der Waals surface area contributed by atoms with Crippen LogP contribution in [0, 0.1) is 5.92 Å². The van der Waals surface area contributed by atoms with E-state index in [1.165, 1.54) is 25.7 Å². The highest BCUT2D eigenvalue weighted by molar-refractivity contribution is 6.58. The minimum atomic E-state index is -1.44. The minimum Gasteiger partial charge on any atom is -0.492 e. The van der Waals surface area contributed by atoms with Crippen LogP contribution in [0.25, 0.3) is 0 Å². The molecule has 110 valence electrons. The van der Waals surface area contributed by atoms with Crippen LogP contribution in [0.3, 0.4) is 0 Å². The Morgan fingerprint density at radius 2 is 2.05 bits per heavy atom. The highest BCUT2D eigenvalue weighted by atomic mass is 16.5. The lowest BCUT2D eigenvalue weighted by molar-refractivity contribution is 0.215. The molecule has 1 saturated carbocycles. The van der Waals surface area contributed by atoms with Gasteiger partial charge in [-0.15, -0.1) is 0 Å². The molecule has 0 radical (unpaired) electrons. The molecular formula is C15H24BNO3. The zero-order chi connectivity index (χ0) is 14.4. The van der Waals surface area contributed by atoms with Gasteiger partial charge < -0.3 is 19.7 Å². The van der Waals surface area contributed by atoms with Crippen molar-refractivity contribution in [1.29, 1.82) is 0 Å². The molecule has 1 aliphatic rings. The molecule has 5 heteroatoms. The van der Waals surface area contributed by atoms with E-state index >= 15 is 0 Å². The molecule has 0 heterocycles. The fourth-order valence-corrected chi connectivity index (χ4v) is 2.81. The fourth-order valence-electron chi connectivity index (χ4n) is 2.81. The number of hydrogen-bond donors (Lipinski definition) is 2. The van der Waals surface area contributed by atoms with Gasteiger partial charge in [0.2, 0.25) is 0 Å². The highest BCUT2D eigenvalue weighted by Crippen LogP contribution is 2.24. The predicted molar refractivity (Wildman–Crippen MR) is 81.2 cm³/mol. The van der Waals surface area contributed by atoms with E-state index in [4.69, 9.17) is 14.8 Å². The van der Waals surface area contributed by atoms with Gasteiger partial charge in [-0.3, -0.25) is 0 Å². The van der Waals surface area contributed by atoms with Gasteiger partial charge in [0.1, 0.15) is 12.4 Å². The van der Waals surface area contributed by atoms with Crippen molar-refractivity contribution in [1.82, 2.24) is 4.90 Å². The molecule has 2 N–H and O–H groups in total. The van der Waals surface area contributed by atoms with Gasteiger partial charge in [-0.1, -0.05) is 25.0 Å². The summed E-state index contributed by atoms with van der Waals surface area (Å²) in [6, 6.07) is 6.95. The van der Waals surface area contributed by atoms with E-state index in [9.17, 15) is 0 Å². The Kier molecular flexibility index (Phi) is 5.89. The summed E-state index contributed by atoms with van der Waals surface area (Å²) in [5.41, 5.74) is 0.460. The number of likely N-dealkylation sites (N-methyl/N-ethyl adjacent to an activating group) is 1. The van der Waals surface area contributed by atoms with Crippen LogP contribution in [0.15, 0.2) is 24.3 Å². The average molecular weight is 277 g/mol. The van der Waals surface area contributed by atoms with Crippen LogP contribution in [0.5, 0.6) is 5.75 Å². The molecule has 0 unspecified atom stereocenters. The van der Waals surface area contributed by atoms with Crippen molar-refractivity contribution < 1.29 is 14.8 Å². The Morgan fingerprint density at radius 3 is 2.75 bits per heavy atom. The van der Waals surface area contributed by atoms with Crippen molar-refractivity contribution in [3.8, 4) is 5.75 Å². The predicted octanol–water partition coefficient (Wildman–Crippen LogP) is 0.867. The summed E-state index contributed by atoms with van der Waals surface area (Å²) in [5, 5.41) is 18.2. The van der Waals surface area contributed by atoms with Gasteiger partial charge >= 0.3 is 7.12 Å². The summed E-state index contributed by atoms with van der Waals surface area (Å²) < 4.78 is 5.67. The highest BCUT2D eigenvalue weighted by Gasteiger charge is 2.16. The van der Waals surface area contributed by atoms with Gasteiger partial charge in [0.15, 0.2) is 0 Å². The summed E-state index contributed by atoms with van der Waals surface area (Å²) in [5.74, 6) is 1.54. The zero-order valence-corrected chi connectivity index (χ0v) is 12.2. The molecule has 2 rings (SSSR count). The number of nitrogens with zero attached hydrogens (tertiary/aromatic N) is 1. The smallest absolute Gasteiger partial charge is 0.488 e. The zero-order valence-electron chi connectivity index (χ0n) is 12.2. The van der Waals surface area contributed by atoms with E-state index in [1.54, 1.807) is 18.2 Å². The third-order valence-electron chi connectivity index (χ3n) is 3.94. The minimum absolute atomic E-state index is 0.460. The van der Waals surface area contributed by atoms with E-state index in [-0.39, 0.29) is 0 Å². The van der Waals surface area contributed by atoms with E-state index in [2.05, 4.69) is 11.9 Å². The summed E-state index contributed by atoms with van der Waals surface area (Å²) in [6.07, 6.45) is 5.49. The molecule has 1 aromatic carbocycles. The Morgan fingerprint density at radius 1 is 1.30 bits per heavy atom. The van der Waals surface area contributed by atoms with Crippen molar-refractivity contribution in [3.63, 3.8) is 0 Å². The number of rotatable bonds is 7. The van der Waals surface area contributed by atoms with Crippen molar-refractivity contribution >= 4 is 12.6 Å². The molecule has 1 aromatic rings. The van der Waals surface area contributed by atoms with Crippen LogP contribution >= 0.6 is 0 Å². The Hall–Kier alpha value is -1.04. The van der Waals surface area contributed by atoms with E-state index < -0.39 is 7.12 Å². The molecule has 4 nitrogen and oxygen atoms in total. The second-order valence-corrected chi connectivity index (χ2v) is 5.71. The van der Waals surface area contributed by atoms with Gasteiger partial charge in [-0.05, 0) is 43.4 Å². The van der Waals surface area contributed by atoms with Crippen LogP contribution in [0.4, 0.5) is 0 Å². The first-order valence-electron chi connectivity index (χ1n) is 7.42. The average Bonchev–Trinajstić information content (AvgIpc) is 2.92. The molecule has 0 aliphatic heterocycles. The molecule has 0 atom stereocenters. The van der Waals surface area contributed by atoms with E-state index in [0.717, 1.165) is 19.0 Å². The summed E-state index contributed by atoms with van der Waals surface area (Å²) in [7, 11) is 0.693. The molecule has 1 fully saturated rings. The third kappa shape index (κ3) is 4.82. The fraction of sp³-hybridized carbons (Fsp3) is 0.600. The van der Waals surface area contributed by atoms with Crippen molar-refractivity contribution in [2.45, 2.75) is 25.7 Å². The van der Waals surface area contributed by atoms with Crippen LogP contribution in [-0.2, 0) is 0 Å². The molecule has 0 saturated heterocycles. The molecule has 1 aliphatic carbocycles. The molecule has 0 amide bonds. The lowest BCUT2D eigenvalue weighted by Crippen LogP contribution is -2.30. The summed E-state index contributed by atoms with van der Waals surface area (Å²) in [6.45, 7) is 2.66. The van der Waals surface area contributed by atoms with Crippen LogP contribution in [0.2, 0.25) is 0 Å². The maximum absolute atomic E-state index is 9.11. The maximum Gasteiger partial charge on any atom is 0.488 e. The van der Waals surface area contributed by atoms with E-state index in [0.29, 0.717) is 17.8 Å². The summed E-state index contributed by atoms with van der Waals surface area (Å²) >= 11 is 0. The second-order valence-electron chi connectivity index (χ2n) is 5.71. The third-order valence-corrected chi connectivity index (χ3v) is 3.94. The standard InChI is InChI=1S/C15H24BNO3/c1-17(12-13-5-2-3-6-13)9-10-20-15-8-4-7-14(11-15)16(18)19/h4,7-8,11,13,18-19H,2-3,5-6,9-10,12H2,1H3. The Bertz CT molecular complexity index is 408. The Labute approximate surface area is 121 Å². The molecule has 0 aromatic heterocycles. The number of hydrogen-bond acceptors (Lipinski definition) is 4. The van der Waals surface area contributed by atoms with Gasteiger partial charge in [0, 0.05) is 13.1 Å². The lowest BCUT2D eigenvalue weighted by atomic mass is 9.80. The molecule has 0 bridgehead atoms. The van der Waals surface area contributed by atoms with Crippen molar-refractivity contribution in [2.75, 3.05) is 26.7 Å². The van der Waals surface area contributed by atoms with Crippen molar-refractivity contribution in [3.05, 3.63) is 24.3 Å². The van der Waals surface area contributed by atoms with Gasteiger partial charge in [-0.2, -0.15) is 0 Å². The van der Waals surface area contributed by atoms with Crippen LogP contribution in [0.1, 0.15) is 25.7 Å². The lowest BCUT2D eigenvalue weighted by Gasteiger charge is -2.20. The molecule has 0 spiro atoms. The normalized spacial score (nSPS) is 15.8. The molecular weight excluding hydrogens is 253 g/mol. The first-order valence-corrected chi connectivity index (χ1v) is 7.42. The van der Waals surface area contributed by atoms with Gasteiger partial charge in [0.05, 0.1) is 0 Å². The summed E-state index contributed by atoms with van der Waals surface area (Å²) in [4.78, 5) is 2.32. The van der Waals surface area contributed by atoms with Gasteiger partial charge in [0.25, 0.3) is 0 Å². The van der Waals surface area contributed by atoms with Crippen LogP contribution in [-0.4, -0.2) is 48.8 Å².